The first-order valence-corrected chi connectivity index (χ1v) is 8.82. The van der Waals surface area contributed by atoms with Gasteiger partial charge in [-0.25, -0.2) is 0 Å². The van der Waals surface area contributed by atoms with Gasteiger partial charge >= 0.3 is 0 Å². The zero-order valence-corrected chi connectivity index (χ0v) is 14.4. The van der Waals surface area contributed by atoms with Crippen molar-refractivity contribution in [1.29, 1.82) is 0 Å². The van der Waals surface area contributed by atoms with E-state index < -0.39 is 0 Å². The first-order chi connectivity index (χ1) is 12.3. The number of nitrogens with two attached hydrogens (primary N) is 1. The molecule has 25 heavy (non-hydrogen) atoms. The minimum atomic E-state index is 0.194. The normalized spacial score (nSPS) is 21.0. The van der Waals surface area contributed by atoms with Crippen LogP contribution < -0.4 is 5.84 Å². The van der Waals surface area contributed by atoms with Crippen molar-refractivity contribution in [1.82, 2.24) is 4.98 Å². The molecule has 0 amide bonds. The molecule has 2 fully saturated rings. The van der Waals surface area contributed by atoms with Crippen LogP contribution in [0.3, 0.4) is 0 Å². The summed E-state index contributed by atoms with van der Waals surface area (Å²) in [5, 5.41) is 3.82. The van der Waals surface area contributed by atoms with Crippen LogP contribution in [0.1, 0.15) is 43.2 Å². The van der Waals surface area contributed by atoms with Crippen molar-refractivity contribution < 1.29 is 4.74 Å². The predicted octanol–water partition coefficient (Wildman–Crippen LogP) is 2.81. The lowest BCUT2D eigenvalue weighted by Crippen LogP contribution is -2.22. The highest BCUT2D eigenvalue weighted by Crippen LogP contribution is 2.27. The van der Waals surface area contributed by atoms with Crippen LogP contribution in [-0.2, 0) is 4.74 Å². The number of hydrazone groups is 1. The standard InChI is InChI=1S/C20H24N4O/c1-15(18-10-17(11-22-12-18)8-7-16-5-6-16)20(24-21)14-23-13-19-4-2-3-9-25-19/h10-12,14,16,19H,1-6,9,13,21H2/b23-14?,24-20+. The molecule has 1 saturated carbocycles. The fourth-order valence-corrected chi connectivity index (χ4v) is 2.63. The fourth-order valence-electron chi connectivity index (χ4n) is 2.63. The van der Waals surface area contributed by atoms with E-state index >= 15 is 0 Å². The third-order valence-corrected chi connectivity index (χ3v) is 4.33. The van der Waals surface area contributed by atoms with Crippen LogP contribution in [0.4, 0.5) is 0 Å². The van der Waals surface area contributed by atoms with Crippen LogP contribution in [0, 0.1) is 17.8 Å². The third kappa shape index (κ3) is 5.27. The maximum Gasteiger partial charge on any atom is 0.108 e. The molecular formula is C20H24N4O. The monoisotopic (exact) mass is 336 g/mol. The number of aromatic nitrogens is 1. The number of hydrogen-bond donors (Lipinski definition) is 1. The summed E-state index contributed by atoms with van der Waals surface area (Å²) in [4.78, 5) is 8.68. The molecule has 1 aliphatic heterocycles. The highest BCUT2D eigenvalue weighted by molar-refractivity contribution is 6.50. The summed E-state index contributed by atoms with van der Waals surface area (Å²) in [5.41, 5.74) is 2.98. The van der Waals surface area contributed by atoms with Gasteiger partial charge in [0, 0.05) is 47.8 Å². The van der Waals surface area contributed by atoms with E-state index in [9.17, 15) is 0 Å². The maximum atomic E-state index is 5.67. The summed E-state index contributed by atoms with van der Waals surface area (Å²) in [5.74, 6) is 12.5. The minimum Gasteiger partial charge on any atom is -0.376 e. The van der Waals surface area contributed by atoms with Crippen molar-refractivity contribution in [3.63, 3.8) is 0 Å². The van der Waals surface area contributed by atoms with Crippen LogP contribution in [0.25, 0.3) is 5.57 Å². The smallest absolute Gasteiger partial charge is 0.108 e. The van der Waals surface area contributed by atoms with Crippen molar-refractivity contribution in [3.05, 3.63) is 36.2 Å². The van der Waals surface area contributed by atoms with Crippen molar-refractivity contribution in [3.8, 4) is 11.8 Å². The molecule has 2 heterocycles. The molecule has 5 nitrogen and oxygen atoms in total. The Morgan fingerprint density at radius 3 is 2.96 bits per heavy atom. The topological polar surface area (TPSA) is 72.9 Å². The number of nitrogens with zero attached hydrogens (tertiary/aromatic N) is 3. The van der Waals surface area contributed by atoms with Crippen molar-refractivity contribution >= 4 is 17.5 Å². The first-order valence-electron chi connectivity index (χ1n) is 8.82. The zero-order valence-electron chi connectivity index (χ0n) is 14.4. The van der Waals surface area contributed by atoms with E-state index in [-0.39, 0.29) is 6.10 Å². The van der Waals surface area contributed by atoms with Gasteiger partial charge < -0.3 is 10.6 Å². The Kier molecular flexibility index (Phi) is 5.97. The van der Waals surface area contributed by atoms with E-state index in [0.29, 0.717) is 23.7 Å². The summed E-state index contributed by atoms with van der Waals surface area (Å²) >= 11 is 0. The van der Waals surface area contributed by atoms with E-state index in [1.807, 2.05) is 6.07 Å². The Morgan fingerprint density at radius 1 is 1.36 bits per heavy atom. The van der Waals surface area contributed by atoms with Crippen molar-refractivity contribution in [2.75, 3.05) is 13.2 Å². The second-order valence-electron chi connectivity index (χ2n) is 6.48. The number of pyridine rings is 1. The molecule has 0 aromatic carbocycles. The van der Waals surface area contributed by atoms with Gasteiger partial charge in [0.1, 0.15) is 5.71 Å². The van der Waals surface area contributed by atoms with Gasteiger partial charge in [0.25, 0.3) is 0 Å². The molecule has 3 rings (SSSR count). The molecule has 5 heteroatoms. The van der Waals surface area contributed by atoms with E-state index in [0.717, 1.165) is 30.6 Å². The number of ether oxygens (including phenoxy) is 1. The van der Waals surface area contributed by atoms with Crippen LogP contribution in [0.15, 0.2) is 35.1 Å². The van der Waals surface area contributed by atoms with Crippen LogP contribution in [0.2, 0.25) is 0 Å². The quantitative estimate of drug-likeness (QED) is 0.389. The molecule has 1 saturated heterocycles. The van der Waals surface area contributed by atoms with E-state index in [4.69, 9.17) is 10.6 Å². The highest BCUT2D eigenvalue weighted by atomic mass is 16.5. The summed E-state index contributed by atoms with van der Waals surface area (Å²) in [6.07, 6.45) is 11.2. The van der Waals surface area contributed by atoms with Gasteiger partial charge in [0.15, 0.2) is 0 Å². The molecule has 0 spiro atoms. The molecular weight excluding hydrogens is 312 g/mol. The molecule has 130 valence electrons. The largest absolute Gasteiger partial charge is 0.376 e. The van der Waals surface area contributed by atoms with Gasteiger partial charge in [-0.3, -0.25) is 9.98 Å². The molecule has 1 aromatic rings. The Hall–Kier alpha value is -2.45. The lowest BCUT2D eigenvalue weighted by Gasteiger charge is -2.20. The molecule has 2 N–H and O–H groups in total. The molecule has 1 atom stereocenters. The summed E-state index contributed by atoms with van der Waals surface area (Å²) < 4.78 is 5.67. The molecule has 2 aliphatic rings. The van der Waals surface area contributed by atoms with Crippen molar-refractivity contribution in [2.24, 2.45) is 21.9 Å². The number of rotatable bonds is 5. The Bertz CT molecular complexity index is 732. The maximum absolute atomic E-state index is 5.67. The van der Waals surface area contributed by atoms with Crippen LogP contribution in [-0.4, -0.2) is 36.2 Å². The Morgan fingerprint density at radius 2 is 2.24 bits per heavy atom. The molecule has 1 aromatic heterocycles. The van der Waals surface area contributed by atoms with E-state index in [1.54, 1.807) is 18.6 Å². The molecule has 1 unspecified atom stereocenters. The lowest BCUT2D eigenvalue weighted by molar-refractivity contribution is 0.0226. The van der Waals surface area contributed by atoms with Crippen molar-refractivity contribution in [2.45, 2.75) is 38.2 Å². The van der Waals surface area contributed by atoms with Gasteiger partial charge in [-0.15, -0.1) is 0 Å². The van der Waals surface area contributed by atoms with E-state index in [2.05, 4.69) is 33.5 Å². The second kappa shape index (κ2) is 8.59. The lowest BCUT2D eigenvalue weighted by atomic mass is 10.0. The highest BCUT2D eigenvalue weighted by Gasteiger charge is 2.17. The fraction of sp³-hybridized carbons (Fsp3) is 0.450. The number of allylic oxidation sites excluding steroid dienone is 1. The molecule has 0 bridgehead atoms. The zero-order chi connectivity index (χ0) is 17.5. The first kappa shape index (κ1) is 17.4. The van der Waals surface area contributed by atoms with Gasteiger partial charge in [-0.1, -0.05) is 18.4 Å². The molecule has 0 radical (unpaired) electrons. The summed E-state index contributed by atoms with van der Waals surface area (Å²) in [7, 11) is 0. The minimum absolute atomic E-state index is 0.194. The predicted molar refractivity (Wildman–Crippen MR) is 101 cm³/mol. The van der Waals surface area contributed by atoms with Gasteiger partial charge in [0.2, 0.25) is 0 Å². The summed E-state index contributed by atoms with van der Waals surface area (Å²) in [6, 6.07) is 1.97. The Labute approximate surface area is 149 Å². The van der Waals surface area contributed by atoms with Crippen LogP contribution in [0.5, 0.6) is 0 Å². The average molecular weight is 336 g/mol. The second-order valence-corrected chi connectivity index (χ2v) is 6.48. The SMILES string of the molecule is C=C(/C(C=NCC1CCCCO1)=N/N)c1cncc(C#CC2CC2)c1. The molecule has 1 aliphatic carbocycles. The van der Waals surface area contributed by atoms with Crippen LogP contribution >= 0.6 is 0 Å². The van der Waals surface area contributed by atoms with Gasteiger partial charge in [-0.2, -0.15) is 5.10 Å². The number of aliphatic imine (C=N–C) groups is 1. The average Bonchev–Trinajstić information content (AvgIpc) is 3.49. The third-order valence-electron chi connectivity index (χ3n) is 4.33. The van der Waals surface area contributed by atoms with Gasteiger partial charge in [0.05, 0.1) is 12.6 Å². The Balaban J connectivity index is 1.63. The van der Waals surface area contributed by atoms with E-state index in [1.165, 1.54) is 19.3 Å². The summed E-state index contributed by atoms with van der Waals surface area (Å²) in [6.45, 7) is 5.54. The van der Waals surface area contributed by atoms with Gasteiger partial charge in [-0.05, 0) is 38.2 Å². The number of hydrogen-bond acceptors (Lipinski definition) is 5.